The van der Waals surface area contributed by atoms with Crippen LogP contribution in [0.1, 0.15) is 338 Å². The summed E-state index contributed by atoms with van der Waals surface area (Å²) in [7, 11) is -9.90. The molecule has 0 aromatic rings. The van der Waals surface area contributed by atoms with E-state index in [4.69, 9.17) is 37.0 Å². The van der Waals surface area contributed by atoms with Crippen molar-refractivity contribution < 1.29 is 80.2 Å². The Balaban J connectivity index is 5.20. The fourth-order valence-corrected chi connectivity index (χ4v) is 11.9. The minimum atomic E-state index is -4.95. The van der Waals surface area contributed by atoms with Crippen LogP contribution >= 0.6 is 15.6 Å². The quantitative estimate of drug-likeness (QED) is 0.0222. The second kappa shape index (κ2) is 58.8. The zero-order valence-corrected chi connectivity index (χ0v) is 59.1. The summed E-state index contributed by atoms with van der Waals surface area (Å²) in [4.78, 5) is 72.4. The van der Waals surface area contributed by atoms with Gasteiger partial charge < -0.3 is 33.8 Å². The van der Waals surface area contributed by atoms with Crippen molar-refractivity contribution in [1.29, 1.82) is 0 Å². The fraction of sp³-hybridized carbons (Fsp3) is 0.942. The first-order valence-corrected chi connectivity index (χ1v) is 38.7. The first-order chi connectivity index (χ1) is 42.1. The van der Waals surface area contributed by atoms with Crippen molar-refractivity contribution in [3.05, 3.63) is 0 Å². The standard InChI is InChI=1S/C69H134O17P2/c1-9-62(8)48-40-32-27-28-36-44-52-69(74)86-65(56-79-66(71)49-41-33-24-17-15-13-11-10-12-14-16-21-29-37-45-59(2)3)58-84-88(77,78)82-54-63(70)53-81-87(75,76)83-57-64(85-68(73)51-43-35-26-20-23-31-39-47-61(6)7)55-80-67(72)50-42-34-25-19-18-22-30-38-46-60(4)5/h59-65,70H,9-58H2,1-8H3,(H,75,76)(H,77,78)/t62?,63?,64-,65-/m1/s1. The van der Waals surface area contributed by atoms with E-state index in [9.17, 15) is 43.2 Å². The average Bonchev–Trinajstić information content (AvgIpc) is 3.69. The van der Waals surface area contributed by atoms with Crippen LogP contribution in [0.15, 0.2) is 0 Å². The molecule has 88 heavy (non-hydrogen) atoms. The second-order valence-corrected chi connectivity index (χ2v) is 29.5. The maximum absolute atomic E-state index is 13.0. The van der Waals surface area contributed by atoms with Gasteiger partial charge in [0.2, 0.25) is 0 Å². The molecule has 0 radical (unpaired) electrons. The Kier molecular flexibility index (Phi) is 57.6. The number of unbranched alkanes of at least 4 members (excludes halogenated alkanes) is 31. The Bertz CT molecular complexity index is 1750. The topological polar surface area (TPSA) is 237 Å². The first kappa shape index (κ1) is 86.1. The molecule has 0 saturated carbocycles. The van der Waals surface area contributed by atoms with E-state index in [2.05, 4.69) is 55.4 Å². The highest BCUT2D eigenvalue weighted by Crippen LogP contribution is 2.45. The minimum Gasteiger partial charge on any atom is -0.462 e. The first-order valence-electron chi connectivity index (χ1n) is 35.7. The van der Waals surface area contributed by atoms with Gasteiger partial charge in [0, 0.05) is 25.7 Å². The predicted molar refractivity (Wildman–Crippen MR) is 354 cm³/mol. The number of phosphoric acid groups is 2. The number of carbonyl (C=O) groups excluding carboxylic acids is 4. The summed E-state index contributed by atoms with van der Waals surface area (Å²) in [6.45, 7) is 14.0. The van der Waals surface area contributed by atoms with Crippen molar-refractivity contribution in [2.24, 2.45) is 23.7 Å². The molecule has 0 bridgehead atoms. The number of hydrogen-bond donors (Lipinski definition) is 3. The van der Waals surface area contributed by atoms with E-state index in [1.807, 2.05) is 0 Å². The van der Waals surface area contributed by atoms with E-state index in [1.54, 1.807) is 0 Å². The Hall–Kier alpha value is -1.94. The molecule has 0 aliphatic carbocycles. The Morgan fingerprint density at radius 2 is 0.545 bits per heavy atom. The molecule has 0 saturated heterocycles. The molecule has 0 rings (SSSR count). The third-order valence-electron chi connectivity index (χ3n) is 16.2. The number of carbonyl (C=O) groups is 4. The van der Waals surface area contributed by atoms with E-state index in [0.717, 1.165) is 108 Å². The van der Waals surface area contributed by atoms with E-state index in [1.165, 1.54) is 141 Å². The molecule has 0 aromatic carbocycles. The van der Waals surface area contributed by atoms with E-state index < -0.39 is 97.5 Å². The van der Waals surface area contributed by atoms with Crippen molar-refractivity contribution in [2.75, 3.05) is 39.6 Å². The molecule has 0 fully saturated rings. The lowest BCUT2D eigenvalue weighted by Crippen LogP contribution is -2.30. The van der Waals surface area contributed by atoms with Crippen LogP contribution in [0, 0.1) is 23.7 Å². The smallest absolute Gasteiger partial charge is 0.462 e. The molecule has 6 atom stereocenters. The van der Waals surface area contributed by atoms with Gasteiger partial charge in [-0.3, -0.25) is 37.3 Å². The van der Waals surface area contributed by atoms with Gasteiger partial charge in [0.25, 0.3) is 0 Å². The van der Waals surface area contributed by atoms with Gasteiger partial charge in [-0.15, -0.1) is 0 Å². The molecule has 0 aliphatic rings. The van der Waals surface area contributed by atoms with Crippen LogP contribution in [-0.4, -0.2) is 96.7 Å². The molecule has 3 N–H and O–H groups in total. The number of hydrogen-bond acceptors (Lipinski definition) is 15. The highest BCUT2D eigenvalue weighted by atomic mass is 31.2. The second-order valence-electron chi connectivity index (χ2n) is 26.6. The molecule has 0 heterocycles. The summed E-state index contributed by atoms with van der Waals surface area (Å²) in [6.07, 6.45) is 40.5. The van der Waals surface area contributed by atoms with Crippen LogP contribution in [0.5, 0.6) is 0 Å². The monoisotopic (exact) mass is 1300 g/mol. The van der Waals surface area contributed by atoms with Gasteiger partial charge in [-0.25, -0.2) is 9.13 Å². The van der Waals surface area contributed by atoms with Crippen LogP contribution in [0.4, 0.5) is 0 Å². The van der Waals surface area contributed by atoms with Gasteiger partial charge in [0.1, 0.15) is 19.3 Å². The number of aliphatic hydroxyl groups excluding tert-OH is 1. The molecular formula is C69H134O17P2. The summed E-state index contributed by atoms with van der Waals surface area (Å²) in [5, 5.41) is 10.6. The number of aliphatic hydroxyl groups is 1. The number of ether oxygens (including phenoxy) is 4. The highest BCUT2D eigenvalue weighted by molar-refractivity contribution is 7.47. The predicted octanol–water partition coefficient (Wildman–Crippen LogP) is 19.3. The Morgan fingerprint density at radius 1 is 0.318 bits per heavy atom. The molecule has 17 nitrogen and oxygen atoms in total. The molecule has 4 unspecified atom stereocenters. The van der Waals surface area contributed by atoms with E-state index in [-0.39, 0.29) is 25.7 Å². The molecular weight excluding hydrogens is 1160 g/mol. The molecule has 522 valence electrons. The average molecular weight is 1300 g/mol. The van der Waals surface area contributed by atoms with E-state index >= 15 is 0 Å². The van der Waals surface area contributed by atoms with Gasteiger partial charge >= 0.3 is 39.5 Å². The van der Waals surface area contributed by atoms with Crippen molar-refractivity contribution in [2.45, 2.75) is 356 Å². The van der Waals surface area contributed by atoms with Crippen LogP contribution in [0.3, 0.4) is 0 Å². The largest absolute Gasteiger partial charge is 0.472 e. The normalized spacial score (nSPS) is 14.6. The summed E-state index contributed by atoms with van der Waals surface area (Å²) in [6, 6.07) is 0. The Morgan fingerprint density at radius 3 is 0.807 bits per heavy atom. The third kappa shape index (κ3) is 61.6. The van der Waals surface area contributed by atoms with Crippen molar-refractivity contribution in [1.82, 2.24) is 0 Å². The summed E-state index contributed by atoms with van der Waals surface area (Å²) < 4.78 is 68.2. The van der Waals surface area contributed by atoms with Crippen molar-refractivity contribution in [3.8, 4) is 0 Å². The van der Waals surface area contributed by atoms with Gasteiger partial charge in [0.05, 0.1) is 26.4 Å². The molecule has 0 aliphatic heterocycles. The zero-order valence-electron chi connectivity index (χ0n) is 57.3. The van der Waals surface area contributed by atoms with Crippen LogP contribution in [-0.2, 0) is 65.4 Å². The van der Waals surface area contributed by atoms with Gasteiger partial charge in [0.15, 0.2) is 12.2 Å². The summed E-state index contributed by atoms with van der Waals surface area (Å²) in [5.74, 6) is 0.805. The lowest BCUT2D eigenvalue weighted by atomic mass is 10.00. The lowest BCUT2D eigenvalue weighted by molar-refractivity contribution is -0.161. The van der Waals surface area contributed by atoms with Crippen LogP contribution in [0.2, 0.25) is 0 Å². The maximum Gasteiger partial charge on any atom is 0.472 e. The van der Waals surface area contributed by atoms with E-state index in [0.29, 0.717) is 31.6 Å². The Labute approximate surface area is 537 Å². The fourth-order valence-electron chi connectivity index (χ4n) is 10.3. The third-order valence-corrected chi connectivity index (χ3v) is 18.1. The molecule has 0 amide bonds. The number of phosphoric ester groups is 2. The molecule has 0 spiro atoms. The van der Waals surface area contributed by atoms with Crippen molar-refractivity contribution in [3.63, 3.8) is 0 Å². The maximum atomic E-state index is 13.0. The zero-order chi connectivity index (χ0) is 65.4. The summed E-state index contributed by atoms with van der Waals surface area (Å²) >= 11 is 0. The van der Waals surface area contributed by atoms with Crippen LogP contribution < -0.4 is 0 Å². The number of esters is 4. The molecule has 0 aromatic heterocycles. The number of rotatable bonds is 66. The minimum absolute atomic E-state index is 0.102. The summed E-state index contributed by atoms with van der Waals surface area (Å²) in [5.41, 5.74) is 0. The van der Waals surface area contributed by atoms with Gasteiger partial charge in [-0.1, -0.05) is 287 Å². The highest BCUT2D eigenvalue weighted by Gasteiger charge is 2.30. The lowest BCUT2D eigenvalue weighted by Gasteiger charge is -2.21. The van der Waals surface area contributed by atoms with Gasteiger partial charge in [-0.05, 0) is 49.4 Å². The van der Waals surface area contributed by atoms with Gasteiger partial charge in [-0.2, -0.15) is 0 Å². The molecule has 19 heteroatoms. The van der Waals surface area contributed by atoms with Crippen molar-refractivity contribution >= 4 is 39.5 Å². The SMILES string of the molecule is CCC(C)CCCCCCCCC(=O)O[C@H](COC(=O)CCCCCCCCCCCCCCCCC(C)C)COP(=O)(O)OCC(O)COP(=O)(O)OC[C@@H](COC(=O)CCCCCCCCCCC(C)C)OC(=O)CCCCCCCCCC(C)C. The van der Waals surface area contributed by atoms with Crippen LogP contribution in [0.25, 0.3) is 0 Å².